The lowest BCUT2D eigenvalue weighted by atomic mass is 10.0. The number of rotatable bonds is 4. The number of amides is 1. The molecule has 126 valence electrons. The van der Waals surface area contributed by atoms with Gasteiger partial charge in [0.25, 0.3) is 0 Å². The van der Waals surface area contributed by atoms with Crippen molar-refractivity contribution in [2.24, 2.45) is 5.92 Å². The van der Waals surface area contributed by atoms with Gasteiger partial charge in [-0.2, -0.15) is 0 Å². The molecule has 2 fully saturated rings. The van der Waals surface area contributed by atoms with Crippen LogP contribution in [0.15, 0.2) is 24.3 Å². The van der Waals surface area contributed by atoms with Crippen LogP contribution in [0, 0.1) is 5.92 Å². The number of hydrogen-bond donors (Lipinski definition) is 1. The molecular weight excluding hydrogens is 286 g/mol. The highest BCUT2D eigenvalue weighted by molar-refractivity contribution is 5.83. The Balaban J connectivity index is 1.60. The second-order valence-electron chi connectivity index (χ2n) is 7.01. The summed E-state index contributed by atoms with van der Waals surface area (Å²) in [4.78, 5) is 16.9. The standard InChI is InChI=1S/C19H29N3O/c1-16-8-7-13-22(15-16)19(23)14-20-17-9-3-4-10-18(17)21-11-5-2-6-12-21/h3-4,9-10,16,20H,2,5-8,11-15H2,1H3. The second kappa shape index (κ2) is 7.71. The second-order valence-corrected chi connectivity index (χ2v) is 7.01. The van der Waals surface area contributed by atoms with E-state index < -0.39 is 0 Å². The fourth-order valence-electron chi connectivity index (χ4n) is 3.73. The SMILES string of the molecule is CC1CCCN(C(=O)CNc2ccccc2N2CCCCC2)C1. The van der Waals surface area contributed by atoms with Gasteiger partial charge in [0.1, 0.15) is 0 Å². The zero-order chi connectivity index (χ0) is 16.1. The molecule has 0 saturated carbocycles. The van der Waals surface area contributed by atoms with Gasteiger partial charge in [-0.1, -0.05) is 19.1 Å². The van der Waals surface area contributed by atoms with Gasteiger partial charge < -0.3 is 15.1 Å². The number of nitrogens with zero attached hydrogens (tertiary/aromatic N) is 2. The fourth-order valence-corrected chi connectivity index (χ4v) is 3.73. The number of carbonyl (C=O) groups is 1. The zero-order valence-corrected chi connectivity index (χ0v) is 14.3. The van der Waals surface area contributed by atoms with Crippen LogP contribution in [0.5, 0.6) is 0 Å². The number of likely N-dealkylation sites (tertiary alicyclic amines) is 1. The summed E-state index contributed by atoms with van der Waals surface area (Å²) >= 11 is 0. The molecule has 4 heteroatoms. The summed E-state index contributed by atoms with van der Waals surface area (Å²) in [5, 5.41) is 3.39. The molecule has 0 aromatic heterocycles. The van der Waals surface area contributed by atoms with E-state index in [-0.39, 0.29) is 5.91 Å². The molecule has 1 N–H and O–H groups in total. The average Bonchev–Trinajstić information content (AvgIpc) is 2.60. The van der Waals surface area contributed by atoms with Gasteiger partial charge in [0.2, 0.25) is 5.91 Å². The highest BCUT2D eigenvalue weighted by Crippen LogP contribution is 2.28. The van der Waals surface area contributed by atoms with Crippen molar-refractivity contribution in [2.45, 2.75) is 39.0 Å². The van der Waals surface area contributed by atoms with E-state index in [2.05, 4.69) is 35.3 Å². The van der Waals surface area contributed by atoms with E-state index in [9.17, 15) is 4.79 Å². The van der Waals surface area contributed by atoms with Crippen LogP contribution in [0.1, 0.15) is 39.0 Å². The quantitative estimate of drug-likeness (QED) is 0.925. The van der Waals surface area contributed by atoms with Gasteiger partial charge in [0.05, 0.1) is 17.9 Å². The Morgan fingerprint density at radius 3 is 2.70 bits per heavy atom. The van der Waals surface area contributed by atoms with Gasteiger partial charge in [-0.25, -0.2) is 0 Å². The molecule has 3 rings (SSSR count). The van der Waals surface area contributed by atoms with Crippen molar-refractivity contribution in [2.75, 3.05) is 42.9 Å². The molecule has 4 nitrogen and oxygen atoms in total. The minimum atomic E-state index is 0.227. The Hall–Kier alpha value is -1.71. The maximum absolute atomic E-state index is 12.5. The Bertz CT molecular complexity index is 525. The molecule has 1 aromatic carbocycles. The number of carbonyl (C=O) groups excluding carboxylic acids is 1. The first-order valence-electron chi connectivity index (χ1n) is 9.09. The predicted octanol–water partition coefficient (Wildman–Crippen LogP) is 3.35. The third-order valence-electron chi connectivity index (χ3n) is 5.04. The number of para-hydroxylation sites is 2. The summed E-state index contributed by atoms with van der Waals surface area (Å²) in [5.74, 6) is 0.860. The number of piperidine rings is 2. The number of hydrogen-bond acceptors (Lipinski definition) is 3. The molecule has 2 aliphatic heterocycles. The topological polar surface area (TPSA) is 35.6 Å². The van der Waals surface area contributed by atoms with E-state index >= 15 is 0 Å². The number of nitrogens with one attached hydrogen (secondary N) is 1. The monoisotopic (exact) mass is 315 g/mol. The molecule has 2 saturated heterocycles. The fraction of sp³-hybridized carbons (Fsp3) is 0.632. The van der Waals surface area contributed by atoms with Crippen LogP contribution in [0.3, 0.4) is 0 Å². The van der Waals surface area contributed by atoms with Crippen molar-refractivity contribution in [1.82, 2.24) is 4.90 Å². The van der Waals surface area contributed by atoms with E-state index in [1.54, 1.807) is 0 Å². The van der Waals surface area contributed by atoms with Gasteiger partial charge in [-0.15, -0.1) is 0 Å². The summed E-state index contributed by atoms with van der Waals surface area (Å²) in [7, 11) is 0. The van der Waals surface area contributed by atoms with Crippen LogP contribution in [-0.4, -0.2) is 43.5 Å². The van der Waals surface area contributed by atoms with Crippen LogP contribution in [-0.2, 0) is 4.79 Å². The summed E-state index contributed by atoms with van der Waals surface area (Å²) in [6, 6.07) is 8.39. The van der Waals surface area contributed by atoms with Crippen molar-refractivity contribution in [1.29, 1.82) is 0 Å². The molecule has 0 spiro atoms. The molecule has 2 aliphatic rings. The van der Waals surface area contributed by atoms with E-state index in [0.717, 1.165) is 38.3 Å². The lowest BCUT2D eigenvalue weighted by Gasteiger charge is -2.32. The number of benzene rings is 1. The molecule has 0 aliphatic carbocycles. The first-order chi connectivity index (χ1) is 11.2. The van der Waals surface area contributed by atoms with E-state index in [1.807, 2.05) is 11.0 Å². The Kier molecular flexibility index (Phi) is 5.42. The van der Waals surface area contributed by atoms with Gasteiger partial charge in [-0.05, 0) is 50.2 Å². The zero-order valence-electron chi connectivity index (χ0n) is 14.3. The van der Waals surface area contributed by atoms with Crippen molar-refractivity contribution >= 4 is 17.3 Å². The van der Waals surface area contributed by atoms with Crippen LogP contribution in [0.4, 0.5) is 11.4 Å². The summed E-state index contributed by atoms with van der Waals surface area (Å²) < 4.78 is 0. The lowest BCUT2D eigenvalue weighted by Crippen LogP contribution is -2.42. The molecule has 1 aromatic rings. The van der Waals surface area contributed by atoms with Crippen LogP contribution < -0.4 is 10.2 Å². The van der Waals surface area contributed by atoms with Crippen LogP contribution >= 0.6 is 0 Å². The Labute approximate surface area is 139 Å². The molecule has 1 unspecified atom stereocenters. The van der Waals surface area contributed by atoms with Crippen LogP contribution in [0.2, 0.25) is 0 Å². The molecule has 1 atom stereocenters. The molecule has 23 heavy (non-hydrogen) atoms. The Morgan fingerprint density at radius 2 is 1.91 bits per heavy atom. The van der Waals surface area contributed by atoms with E-state index in [0.29, 0.717) is 12.5 Å². The first-order valence-corrected chi connectivity index (χ1v) is 9.09. The van der Waals surface area contributed by atoms with E-state index in [1.165, 1.54) is 31.4 Å². The summed E-state index contributed by atoms with van der Waals surface area (Å²) in [5.41, 5.74) is 2.33. The average molecular weight is 315 g/mol. The number of anilines is 2. The van der Waals surface area contributed by atoms with Crippen molar-refractivity contribution in [3.05, 3.63) is 24.3 Å². The van der Waals surface area contributed by atoms with Crippen molar-refractivity contribution in [3.8, 4) is 0 Å². The summed E-state index contributed by atoms with van der Waals surface area (Å²) in [6.45, 7) is 6.70. The third kappa shape index (κ3) is 4.18. The predicted molar refractivity (Wildman–Crippen MR) is 96.0 cm³/mol. The van der Waals surface area contributed by atoms with Gasteiger partial charge >= 0.3 is 0 Å². The molecule has 1 amide bonds. The maximum Gasteiger partial charge on any atom is 0.241 e. The summed E-state index contributed by atoms with van der Waals surface area (Å²) in [6.07, 6.45) is 6.24. The minimum absolute atomic E-state index is 0.227. The lowest BCUT2D eigenvalue weighted by molar-refractivity contribution is -0.130. The van der Waals surface area contributed by atoms with Crippen LogP contribution in [0.25, 0.3) is 0 Å². The molecule has 0 radical (unpaired) electrons. The van der Waals surface area contributed by atoms with Gasteiger partial charge in [0, 0.05) is 26.2 Å². The van der Waals surface area contributed by atoms with E-state index in [4.69, 9.17) is 0 Å². The Morgan fingerprint density at radius 1 is 1.13 bits per heavy atom. The first kappa shape index (κ1) is 16.2. The highest BCUT2D eigenvalue weighted by Gasteiger charge is 2.21. The maximum atomic E-state index is 12.5. The molecule has 2 heterocycles. The minimum Gasteiger partial charge on any atom is -0.374 e. The van der Waals surface area contributed by atoms with Gasteiger partial charge in [-0.3, -0.25) is 4.79 Å². The molecular formula is C19H29N3O. The smallest absolute Gasteiger partial charge is 0.241 e. The van der Waals surface area contributed by atoms with Crippen molar-refractivity contribution in [3.63, 3.8) is 0 Å². The normalized spacial score (nSPS) is 22.0. The highest BCUT2D eigenvalue weighted by atomic mass is 16.2. The van der Waals surface area contributed by atoms with Gasteiger partial charge in [0.15, 0.2) is 0 Å². The largest absolute Gasteiger partial charge is 0.374 e. The third-order valence-corrected chi connectivity index (χ3v) is 5.04. The van der Waals surface area contributed by atoms with Crippen molar-refractivity contribution < 1.29 is 4.79 Å². The molecule has 0 bridgehead atoms.